The Labute approximate surface area is 186 Å². The molecule has 0 bridgehead atoms. The van der Waals surface area contributed by atoms with E-state index in [1.807, 2.05) is 48.7 Å². The molecule has 2 aromatic carbocycles. The monoisotopic (exact) mass is 433 g/mol. The molecule has 0 spiro atoms. The molecule has 2 heterocycles. The van der Waals surface area contributed by atoms with Crippen molar-refractivity contribution >= 4 is 34.0 Å². The summed E-state index contributed by atoms with van der Waals surface area (Å²) in [6.07, 6.45) is 9.40. The van der Waals surface area contributed by atoms with Crippen molar-refractivity contribution in [2.45, 2.75) is 25.0 Å². The zero-order valence-corrected chi connectivity index (χ0v) is 18.3. The van der Waals surface area contributed by atoms with Gasteiger partial charge in [-0.2, -0.15) is 0 Å². The van der Waals surface area contributed by atoms with Crippen molar-refractivity contribution in [3.63, 3.8) is 0 Å². The number of benzene rings is 2. The Morgan fingerprint density at radius 1 is 1.34 bits per heavy atom. The molecule has 1 aliphatic rings. The van der Waals surface area contributed by atoms with Crippen LogP contribution in [0.1, 0.15) is 24.4 Å². The summed E-state index contributed by atoms with van der Waals surface area (Å²) in [5.74, 6) is 0. The van der Waals surface area contributed by atoms with Crippen molar-refractivity contribution in [1.82, 2.24) is 9.55 Å². The first kappa shape index (κ1) is 21.9. The van der Waals surface area contributed by atoms with Gasteiger partial charge in [-0.25, -0.2) is 4.98 Å². The molecule has 1 N–H and O–H groups in total. The molecule has 166 valence electrons. The van der Waals surface area contributed by atoms with Gasteiger partial charge in [0.15, 0.2) is 0 Å². The van der Waals surface area contributed by atoms with Gasteiger partial charge in [0.1, 0.15) is 0 Å². The third-order valence-corrected chi connectivity index (χ3v) is 5.74. The first-order valence-electron chi connectivity index (χ1n) is 10.6. The molecule has 2 unspecified atom stereocenters. The molecule has 0 aliphatic carbocycles. The van der Waals surface area contributed by atoms with Gasteiger partial charge in [-0.3, -0.25) is 9.36 Å². The lowest BCUT2D eigenvalue weighted by Crippen LogP contribution is -2.39. The summed E-state index contributed by atoms with van der Waals surface area (Å²) in [5.41, 5.74) is 2.40. The molecule has 7 nitrogen and oxygen atoms in total. The van der Waals surface area contributed by atoms with Gasteiger partial charge in [0.25, 0.3) is 5.56 Å². The molecule has 0 saturated carbocycles. The van der Waals surface area contributed by atoms with Crippen LogP contribution in [0, 0.1) is 0 Å². The number of hydrogen-bond donors (Lipinski definition) is 1. The topological polar surface area (TPSA) is 85.9 Å². The molecule has 2 atom stereocenters. The third-order valence-electron chi connectivity index (χ3n) is 5.74. The van der Waals surface area contributed by atoms with Crippen LogP contribution in [0.25, 0.3) is 27.8 Å². The molecular weight excluding hydrogens is 406 g/mol. The van der Waals surface area contributed by atoms with E-state index in [1.54, 1.807) is 31.3 Å². The van der Waals surface area contributed by atoms with Gasteiger partial charge in [-0.1, -0.05) is 30.3 Å². The number of fused-ring (bicyclic) bond motifs is 3. The van der Waals surface area contributed by atoms with E-state index in [0.717, 1.165) is 21.9 Å². The zero-order valence-electron chi connectivity index (χ0n) is 18.3. The lowest BCUT2D eigenvalue weighted by atomic mass is 9.98. The highest BCUT2D eigenvalue weighted by Gasteiger charge is 2.27. The fraction of sp³-hybridized carbons (Fsp3) is 0.320. The van der Waals surface area contributed by atoms with Crippen LogP contribution in [0.15, 0.2) is 64.4 Å². The molecule has 1 aliphatic heterocycles. The second-order valence-corrected chi connectivity index (χ2v) is 7.77. The smallest absolute Gasteiger partial charge is 0.261 e. The van der Waals surface area contributed by atoms with Crippen molar-refractivity contribution in [1.29, 1.82) is 0 Å². The summed E-state index contributed by atoms with van der Waals surface area (Å²) in [6.45, 7) is 0.723. The minimum absolute atomic E-state index is 0.162. The van der Waals surface area contributed by atoms with E-state index in [-0.39, 0.29) is 18.2 Å². The standard InChI is InChI=1S/C25H27N3O4/c1-26-10-7-17(8-11-31-2)13-18-14-21-24(20-6-4-3-5-19(18)20)27-16-28(25(21)30)22-9-12-32-15-23(22)29/h3-6,8,10-11,13-14,16,22-23,29H,7,9,12,15H2,1-2H3/b11-8+,17-13-,26-10?. The number of hydrogen-bond acceptors (Lipinski definition) is 6. The fourth-order valence-electron chi connectivity index (χ4n) is 4.12. The SMILES string of the molecule is CN=CCC(=C/c1cc2c(=O)n(C3CCOCC3O)cnc2c2ccccc12)/C=C/OC. The van der Waals surface area contributed by atoms with Gasteiger partial charge < -0.3 is 19.6 Å². The maximum Gasteiger partial charge on any atom is 0.261 e. The number of aliphatic hydroxyl groups is 1. The van der Waals surface area contributed by atoms with Crippen LogP contribution < -0.4 is 5.56 Å². The summed E-state index contributed by atoms with van der Waals surface area (Å²) in [5, 5.41) is 12.8. The highest BCUT2D eigenvalue weighted by atomic mass is 16.5. The normalized spacial score (nSPS) is 20.0. The Balaban J connectivity index is 1.94. The van der Waals surface area contributed by atoms with Crippen molar-refractivity contribution < 1.29 is 14.6 Å². The first-order valence-corrected chi connectivity index (χ1v) is 10.6. The number of aliphatic hydroxyl groups excluding tert-OH is 1. The Bertz CT molecular complexity index is 1260. The molecule has 0 amide bonds. The van der Waals surface area contributed by atoms with Gasteiger partial charge in [0, 0.05) is 31.7 Å². The Hall–Kier alpha value is -3.29. The summed E-state index contributed by atoms with van der Waals surface area (Å²) in [7, 11) is 3.34. The van der Waals surface area contributed by atoms with Crippen LogP contribution in [0.4, 0.5) is 0 Å². The van der Waals surface area contributed by atoms with Gasteiger partial charge in [0.05, 0.1) is 49.4 Å². The van der Waals surface area contributed by atoms with Crippen molar-refractivity contribution in [3.05, 3.63) is 70.5 Å². The first-order chi connectivity index (χ1) is 15.6. The van der Waals surface area contributed by atoms with E-state index in [2.05, 4.69) is 9.98 Å². The van der Waals surface area contributed by atoms with E-state index in [9.17, 15) is 9.90 Å². The van der Waals surface area contributed by atoms with E-state index in [1.165, 1.54) is 0 Å². The quantitative estimate of drug-likeness (QED) is 0.278. The zero-order chi connectivity index (χ0) is 22.5. The molecule has 1 saturated heterocycles. The Kier molecular flexibility index (Phi) is 6.78. The molecule has 3 aromatic rings. The Morgan fingerprint density at radius 2 is 2.16 bits per heavy atom. The molecule has 1 fully saturated rings. The molecule has 0 radical (unpaired) electrons. The number of methoxy groups -OCH3 is 1. The second-order valence-electron chi connectivity index (χ2n) is 7.77. The van der Waals surface area contributed by atoms with Gasteiger partial charge in [0.2, 0.25) is 0 Å². The van der Waals surface area contributed by atoms with Crippen molar-refractivity contribution in [2.24, 2.45) is 4.99 Å². The number of allylic oxidation sites excluding steroid dienone is 2. The molecule has 7 heteroatoms. The highest BCUT2D eigenvalue weighted by Crippen LogP contribution is 2.29. The molecule has 4 rings (SSSR count). The van der Waals surface area contributed by atoms with Crippen LogP contribution in [0.5, 0.6) is 0 Å². The predicted octanol–water partition coefficient (Wildman–Crippen LogP) is 3.51. The van der Waals surface area contributed by atoms with Crippen molar-refractivity contribution in [2.75, 3.05) is 27.4 Å². The number of nitrogens with zero attached hydrogens (tertiary/aromatic N) is 3. The predicted molar refractivity (Wildman–Crippen MR) is 127 cm³/mol. The lowest BCUT2D eigenvalue weighted by Gasteiger charge is -2.29. The van der Waals surface area contributed by atoms with Gasteiger partial charge in [-0.15, -0.1) is 0 Å². The number of ether oxygens (including phenoxy) is 2. The van der Waals surface area contributed by atoms with Crippen molar-refractivity contribution in [3.8, 4) is 0 Å². The van der Waals surface area contributed by atoms with Crippen LogP contribution >= 0.6 is 0 Å². The van der Waals surface area contributed by atoms with Crippen LogP contribution in [-0.2, 0) is 9.47 Å². The minimum Gasteiger partial charge on any atom is -0.504 e. The number of aromatic nitrogens is 2. The Morgan fingerprint density at radius 3 is 2.91 bits per heavy atom. The van der Waals surface area contributed by atoms with Crippen LogP contribution in [0.2, 0.25) is 0 Å². The molecule has 32 heavy (non-hydrogen) atoms. The second kappa shape index (κ2) is 9.89. The number of aliphatic imine (C=N–C) groups is 1. The third kappa shape index (κ3) is 4.35. The van der Waals surface area contributed by atoms with Crippen LogP contribution in [-0.4, -0.2) is 54.3 Å². The number of rotatable bonds is 6. The maximum absolute atomic E-state index is 13.5. The largest absolute Gasteiger partial charge is 0.504 e. The minimum atomic E-state index is -0.736. The van der Waals surface area contributed by atoms with Crippen LogP contribution in [0.3, 0.4) is 0 Å². The van der Waals surface area contributed by atoms with E-state index in [0.29, 0.717) is 30.4 Å². The van der Waals surface area contributed by atoms with Gasteiger partial charge >= 0.3 is 0 Å². The summed E-state index contributed by atoms with van der Waals surface area (Å²) >= 11 is 0. The van der Waals surface area contributed by atoms with E-state index in [4.69, 9.17) is 9.47 Å². The summed E-state index contributed by atoms with van der Waals surface area (Å²) in [4.78, 5) is 22.2. The summed E-state index contributed by atoms with van der Waals surface area (Å²) < 4.78 is 12.0. The lowest BCUT2D eigenvalue weighted by molar-refractivity contribution is -0.0395. The molecular formula is C25H27N3O4. The van der Waals surface area contributed by atoms with Gasteiger partial charge in [-0.05, 0) is 35.1 Å². The maximum atomic E-state index is 13.5. The van der Waals surface area contributed by atoms with E-state index < -0.39 is 6.10 Å². The fourth-order valence-corrected chi connectivity index (χ4v) is 4.12. The molecule has 1 aromatic heterocycles. The highest BCUT2D eigenvalue weighted by molar-refractivity contribution is 6.08. The van der Waals surface area contributed by atoms with E-state index >= 15 is 0 Å². The average molecular weight is 434 g/mol. The average Bonchev–Trinajstić information content (AvgIpc) is 2.82. The summed E-state index contributed by atoms with van der Waals surface area (Å²) in [6, 6.07) is 9.47.